The molecule has 0 aromatic heterocycles. The minimum absolute atomic E-state index is 0.0819. The smallest absolute Gasteiger partial charge is 0.0681 e. The Morgan fingerprint density at radius 2 is 1.72 bits per heavy atom. The molecule has 0 aliphatic rings. The molecule has 18 heavy (non-hydrogen) atoms. The standard InChI is InChI=1S/C15H18N2O/c1-11-3-2-4-14(15(11)16)17-9-12-5-7-13(10-18)8-6-12/h2-8,17-18H,9-10,16H2,1H3. The van der Waals surface area contributed by atoms with E-state index in [1.165, 1.54) is 0 Å². The van der Waals surface area contributed by atoms with Crippen LogP contribution in [0.25, 0.3) is 0 Å². The molecule has 2 rings (SSSR count). The molecule has 2 aromatic carbocycles. The first kappa shape index (κ1) is 12.5. The monoisotopic (exact) mass is 242 g/mol. The number of nitrogens with one attached hydrogen (secondary N) is 1. The number of aliphatic hydroxyl groups is 1. The van der Waals surface area contributed by atoms with Gasteiger partial charge in [0.25, 0.3) is 0 Å². The lowest BCUT2D eigenvalue weighted by Crippen LogP contribution is -2.03. The first-order valence-electron chi connectivity index (χ1n) is 5.98. The molecule has 4 N–H and O–H groups in total. The van der Waals surface area contributed by atoms with E-state index >= 15 is 0 Å². The molecule has 0 heterocycles. The molecular weight excluding hydrogens is 224 g/mol. The number of hydrogen-bond donors (Lipinski definition) is 3. The average molecular weight is 242 g/mol. The van der Waals surface area contributed by atoms with Gasteiger partial charge in [0.15, 0.2) is 0 Å². The number of para-hydroxylation sites is 1. The van der Waals surface area contributed by atoms with Gasteiger partial charge in [-0.15, -0.1) is 0 Å². The van der Waals surface area contributed by atoms with E-state index in [4.69, 9.17) is 10.8 Å². The molecular formula is C15H18N2O. The molecule has 0 bridgehead atoms. The predicted octanol–water partition coefficient (Wildman–Crippen LogP) is 2.68. The summed E-state index contributed by atoms with van der Waals surface area (Å²) >= 11 is 0. The molecule has 0 amide bonds. The molecule has 0 atom stereocenters. The Bertz CT molecular complexity index is 521. The van der Waals surface area contributed by atoms with Gasteiger partial charge in [0.1, 0.15) is 0 Å². The van der Waals surface area contributed by atoms with Crippen LogP contribution >= 0.6 is 0 Å². The summed E-state index contributed by atoms with van der Waals surface area (Å²) in [5.74, 6) is 0. The summed E-state index contributed by atoms with van der Waals surface area (Å²) in [7, 11) is 0. The Kier molecular flexibility index (Phi) is 3.85. The zero-order valence-corrected chi connectivity index (χ0v) is 10.5. The summed E-state index contributed by atoms with van der Waals surface area (Å²) in [5.41, 5.74) is 10.9. The van der Waals surface area contributed by atoms with Crippen LogP contribution in [0.2, 0.25) is 0 Å². The summed E-state index contributed by atoms with van der Waals surface area (Å²) in [6.45, 7) is 2.80. The van der Waals surface area contributed by atoms with E-state index in [1.807, 2.05) is 49.4 Å². The second kappa shape index (κ2) is 5.56. The molecule has 0 aliphatic heterocycles. The molecule has 0 unspecified atom stereocenters. The lowest BCUT2D eigenvalue weighted by Gasteiger charge is -2.11. The summed E-state index contributed by atoms with van der Waals surface area (Å²) < 4.78 is 0. The van der Waals surface area contributed by atoms with E-state index in [0.717, 1.165) is 34.6 Å². The minimum atomic E-state index is 0.0819. The van der Waals surface area contributed by atoms with Gasteiger partial charge in [-0.25, -0.2) is 0 Å². The maximum Gasteiger partial charge on any atom is 0.0681 e. The first-order chi connectivity index (χ1) is 8.70. The second-order valence-electron chi connectivity index (χ2n) is 4.36. The molecule has 0 aliphatic carbocycles. The molecule has 3 heteroatoms. The largest absolute Gasteiger partial charge is 0.397 e. The summed E-state index contributed by atoms with van der Waals surface area (Å²) in [4.78, 5) is 0. The van der Waals surface area contributed by atoms with Gasteiger partial charge in [0.05, 0.1) is 18.0 Å². The Hall–Kier alpha value is -2.00. The van der Waals surface area contributed by atoms with Crippen molar-refractivity contribution in [2.45, 2.75) is 20.1 Å². The van der Waals surface area contributed by atoms with Crippen LogP contribution in [0.3, 0.4) is 0 Å². The first-order valence-corrected chi connectivity index (χ1v) is 5.98. The van der Waals surface area contributed by atoms with Crippen molar-refractivity contribution in [1.82, 2.24) is 0 Å². The fourth-order valence-corrected chi connectivity index (χ4v) is 1.79. The van der Waals surface area contributed by atoms with Crippen molar-refractivity contribution in [1.29, 1.82) is 0 Å². The minimum Gasteiger partial charge on any atom is -0.397 e. The predicted molar refractivity (Wildman–Crippen MR) is 75.3 cm³/mol. The Balaban J connectivity index is 2.04. The van der Waals surface area contributed by atoms with Crippen LogP contribution in [0.4, 0.5) is 11.4 Å². The highest BCUT2D eigenvalue weighted by molar-refractivity contribution is 5.69. The molecule has 0 spiro atoms. The summed E-state index contributed by atoms with van der Waals surface area (Å²) in [5, 5.41) is 12.3. The normalized spacial score (nSPS) is 10.3. The van der Waals surface area contributed by atoms with E-state index in [-0.39, 0.29) is 6.61 Å². The van der Waals surface area contributed by atoms with E-state index in [9.17, 15) is 0 Å². The van der Waals surface area contributed by atoms with E-state index < -0.39 is 0 Å². The van der Waals surface area contributed by atoms with Crippen molar-refractivity contribution in [3.8, 4) is 0 Å². The average Bonchev–Trinajstić information content (AvgIpc) is 2.41. The highest BCUT2D eigenvalue weighted by Crippen LogP contribution is 2.22. The third-order valence-electron chi connectivity index (χ3n) is 3.01. The van der Waals surface area contributed by atoms with E-state index in [0.29, 0.717) is 0 Å². The van der Waals surface area contributed by atoms with Crippen LogP contribution in [0.1, 0.15) is 16.7 Å². The van der Waals surface area contributed by atoms with Crippen LogP contribution < -0.4 is 11.1 Å². The SMILES string of the molecule is Cc1cccc(NCc2ccc(CO)cc2)c1N. The zero-order chi connectivity index (χ0) is 13.0. The van der Waals surface area contributed by atoms with Gasteiger partial charge >= 0.3 is 0 Å². The molecule has 0 saturated carbocycles. The Morgan fingerprint density at radius 3 is 2.39 bits per heavy atom. The van der Waals surface area contributed by atoms with Crippen LogP contribution in [0.5, 0.6) is 0 Å². The summed E-state index contributed by atoms with van der Waals surface area (Å²) in [6, 6.07) is 13.8. The summed E-state index contributed by atoms with van der Waals surface area (Å²) in [6.07, 6.45) is 0. The van der Waals surface area contributed by atoms with Crippen molar-refractivity contribution in [3.05, 3.63) is 59.2 Å². The highest BCUT2D eigenvalue weighted by atomic mass is 16.3. The van der Waals surface area contributed by atoms with Crippen LogP contribution in [0, 0.1) is 6.92 Å². The lowest BCUT2D eigenvalue weighted by atomic mass is 10.1. The van der Waals surface area contributed by atoms with Crippen molar-refractivity contribution in [3.63, 3.8) is 0 Å². The van der Waals surface area contributed by atoms with Gasteiger partial charge in [-0.05, 0) is 29.7 Å². The topological polar surface area (TPSA) is 58.3 Å². The number of nitrogens with two attached hydrogens (primary N) is 1. The Labute approximate surface area is 107 Å². The number of rotatable bonds is 4. The lowest BCUT2D eigenvalue weighted by molar-refractivity contribution is 0.282. The van der Waals surface area contributed by atoms with Crippen LogP contribution in [-0.2, 0) is 13.2 Å². The molecule has 3 nitrogen and oxygen atoms in total. The number of nitrogen functional groups attached to an aromatic ring is 1. The third-order valence-corrected chi connectivity index (χ3v) is 3.01. The number of aryl methyl sites for hydroxylation is 1. The van der Waals surface area contributed by atoms with Gasteiger partial charge < -0.3 is 16.2 Å². The number of anilines is 2. The van der Waals surface area contributed by atoms with Gasteiger partial charge in [-0.3, -0.25) is 0 Å². The van der Waals surface area contributed by atoms with Gasteiger partial charge in [-0.1, -0.05) is 36.4 Å². The maximum absolute atomic E-state index is 8.97. The number of aliphatic hydroxyl groups excluding tert-OH is 1. The quantitative estimate of drug-likeness (QED) is 0.722. The van der Waals surface area contributed by atoms with Gasteiger partial charge in [-0.2, -0.15) is 0 Å². The molecule has 2 aromatic rings. The van der Waals surface area contributed by atoms with Gasteiger partial charge in [0.2, 0.25) is 0 Å². The number of hydrogen-bond acceptors (Lipinski definition) is 3. The zero-order valence-electron chi connectivity index (χ0n) is 10.5. The van der Waals surface area contributed by atoms with Crippen molar-refractivity contribution in [2.75, 3.05) is 11.1 Å². The fourth-order valence-electron chi connectivity index (χ4n) is 1.79. The maximum atomic E-state index is 8.97. The van der Waals surface area contributed by atoms with Crippen LogP contribution in [-0.4, -0.2) is 5.11 Å². The molecule has 0 fully saturated rings. The van der Waals surface area contributed by atoms with Crippen molar-refractivity contribution in [2.24, 2.45) is 0 Å². The van der Waals surface area contributed by atoms with Crippen molar-refractivity contribution < 1.29 is 5.11 Å². The van der Waals surface area contributed by atoms with Crippen LogP contribution in [0.15, 0.2) is 42.5 Å². The molecule has 0 radical (unpaired) electrons. The van der Waals surface area contributed by atoms with Crippen molar-refractivity contribution >= 4 is 11.4 Å². The van der Waals surface area contributed by atoms with E-state index in [2.05, 4.69) is 5.32 Å². The number of benzene rings is 2. The van der Waals surface area contributed by atoms with Gasteiger partial charge in [0, 0.05) is 6.54 Å². The van der Waals surface area contributed by atoms with E-state index in [1.54, 1.807) is 0 Å². The highest BCUT2D eigenvalue weighted by Gasteiger charge is 2.01. The third kappa shape index (κ3) is 2.81. The Morgan fingerprint density at radius 1 is 1.06 bits per heavy atom. The molecule has 0 saturated heterocycles. The second-order valence-corrected chi connectivity index (χ2v) is 4.36. The fraction of sp³-hybridized carbons (Fsp3) is 0.200. The molecule has 94 valence electrons.